The fourth-order valence-corrected chi connectivity index (χ4v) is 2.81. The van der Waals surface area contributed by atoms with Crippen LogP contribution in [0.25, 0.3) is 11.3 Å². The number of rotatable bonds is 6. The lowest BCUT2D eigenvalue weighted by Crippen LogP contribution is -2.13. The second-order valence-electron chi connectivity index (χ2n) is 6.55. The Labute approximate surface area is 153 Å². The fourth-order valence-electron chi connectivity index (χ4n) is 2.81. The smallest absolute Gasteiger partial charge is 0.227 e. The van der Waals surface area contributed by atoms with Gasteiger partial charge in [0.25, 0.3) is 0 Å². The number of nitrogens with one attached hydrogen (secondary N) is 1. The third-order valence-corrected chi connectivity index (χ3v) is 4.15. The van der Waals surface area contributed by atoms with Crippen molar-refractivity contribution in [1.29, 1.82) is 0 Å². The minimum atomic E-state index is 0.359. The summed E-state index contributed by atoms with van der Waals surface area (Å²) in [4.78, 5) is 9.09. The van der Waals surface area contributed by atoms with E-state index in [2.05, 4.69) is 52.3 Å². The number of aromatic nitrogens is 6. The molecule has 0 aliphatic heterocycles. The van der Waals surface area contributed by atoms with Crippen LogP contribution in [0.2, 0.25) is 0 Å². The topological polar surface area (TPSA) is 72.9 Å². The molecule has 26 heavy (non-hydrogen) atoms. The van der Waals surface area contributed by atoms with E-state index < -0.39 is 0 Å². The van der Waals surface area contributed by atoms with Gasteiger partial charge in [-0.3, -0.25) is 0 Å². The van der Waals surface area contributed by atoms with Gasteiger partial charge in [0.05, 0.1) is 11.9 Å². The first-order chi connectivity index (χ1) is 12.5. The minimum absolute atomic E-state index is 0.359. The molecule has 0 bridgehead atoms. The quantitative estimate of drug-likeness (QED) is 0.686. The van der Waals surface area contributed by atoms with Crippen molar-refractivity contribution in [2.45, 2.75) is 40.5 Å². The van der Waals surface area contributed by atoms with Crippen LogP contribution in [0.4, 0.5) is 5.95 Å². The molecule has 0 spiro atoms. The van der Waals surface area contributed by atoms with Gasteiger partial charge in [-0.05, 0) is 44.4 Å². The summed E-state index contributed by atoms with van der Waals surface area (Å²) in [5, 5.41) is 12.2. The highest BCUT2D eigenvalue weighted by atomic mass is 15.3. The van der Waals surface area contributed by atoms with Crippen molar-refractivity contribution < 1.29 is 0 Å². The molecule has 136 valence electrons. The summed E-state index contributed by atoms with van der Waals surface area (Å²) in [6.07, 6.45) is 9.65. The van der Waals surface area contributed by atoms with Crippen LogP contribution in [0, 0.1) is 6.92 Å². The summed E-state index contributed by atoms with van der Waals surface area (Å²) in [5.74, 6) is 1.78. The first kappa shape index (κ1) is 17.8. The predicted molar refractivity (Wildman–Crippen MR) is 104 cm³/mol. The lowest BCUT2D eigenvalue weighted by molar-refractivity contribution is 0.854. The number of aryl methyl sites for hydroxylation is 1. The third-order valence-electron chi connectivity index (χ3n) is 4.15. The maximum Gasteiger partial charge on any atom is 0.227 e. The van der Waals surface area contributed by atoms with Gasteiger partial charge in [0.1, 0.15) is 5.82 Å². The van der Waals surface area contributed by atoms with Crippen molar-refractivity contribution in [3.05, 3.63) is 53.8 Å². The summed E-state index contributed by atoms with van der Waals surface area (Å²) in [5.41, 5.74) is 4.16. The van der Waals surface area contributed by atoms with Crippen LogP contribution in [0.5, 0.6) is 0 Å². The number of anilines is 1. The molecule has 0 radical (unpaired) electrons. The molecule has 0 aromatic carbocycles. The van der Waals surface area contributed by atoms with Gasteiger partial charge >= 0.3 is 0 Å². The van der Waals surface area contributed by atoms with Gasteiger partial charge in [0.2, 0.25) is 5.95 Å². The zero-order chi connectivity index (χ0) is 18.7. The molecule has 0 amide bonds. The van der Waals surface area contributed by atoms with E-state index in [1.165, 1.54) is 0 Å². The molecule has 0 saturated heterocycles. The first-order valence-electron chi connectivity index (χ1n) is 8.80. The molecule has 0 fully saturated rings. The maximum absolute atomic E-state index is 4.56. The molecule has 0 saturated carbocycles. The molecule has 3 rings (SSSR count). The average molecular weight is 351 g/mol. The molecule has 7 heteroatoms. The number of hydrogen-bond donors (Lipinski definition) is 1. The van der Waals surface area contributed by atoms with Crippen molar-refractivity contribution in [3.63, 3.8) is 0 Å². The van der Waals surface area contributed by atoms with Crippen LogP contribution in [0.3, 0.4) is 0 Å². The van der Waals surface area contributed by atoms with Crippen molar-refractivity contribution in [2.24, 2.45) is 0 Å². The first-order valence-corrected chi connectivity index (χ1v) is 8.80. The van der Waals surface area contributed by atoms with Gasteiger partial charge < -0.3 is 5.32 Å². The molecular weight excluding hydrogens is 326 g/mol. The van der Waals surface area contributed by atoms with E-state index in [1.807, 2.05) is 43.1 Å². The fraction of sp³-hybridized carbons (Fsp3) is 0.368. The summed E-state index contributed by atoms with van der Waals surface area (Å²) in [6, 6.07) is 1.92. The Kier molecular flexibility index (Phi) is 5.16. The Morgan fingerprint density at radius 1 is 1.27 bits per heavy atom. The van der Waals surface area contributed by atoms with Crippen molar-refractivity contribution in [1.82, 2.24) is 29.4 Å². The maximum atomic E-state index is 4.56. The Hall–Kier alpha value is -2.96. The molecule has 0 aliphatic carbocycles. The highest BCUT2D eigenvalue weighted by molar-refractivity contribution is 5.61. The number of nitrogens with zero attached hydrogens (tertiary/aromatic N) is 6. The van der Waals surface area contributed by atoms with Crippen LogP contribution in [0.15, 0.2) is 42.4 Å². The summed E-state index contributed by atoms with van der Waals surface area (Å²) < 4.78 is 3.64. The van der Waals surface area contributed by atoms with E-state index in [1.54, 1.807) is 10.7 Å². The molecule has 7 nitrogen and oxygen atoms in total. The monoisotopic (exact) mass is 351 g/mol. The Balaban J connectivity index is 1.93. The van der Waals surface area contributed by atoms with Gasteiger partial charge in [0.15, 0.2) is 5.65 Å². The normalized spacial score (nSPS) is 13.0. The second kappa shape index (κ2) is 7.51. The highest BCUT2D eigenvalue weighted by Crippen LogP contribution is 2.21. The van der Waals surface area contributed by atoms with Gasteiger partial charge in [-0.25, -0.2) is 9.67 Å². The van der Waals surface area contributed by atoms with E-state index in [0.29, 0.717) is 18.4 Å². The van der Waals surface area contributed by atoms with Crippen LogP contribution in [-0.2, 0) is 0 Å². The minimum Gasteiger partial charge on any atom is -0.350 e. The van der Waals surface area contributed by atoms with E-state index in [0.717, 1.165) is 28.3 Å². The number of fused-ring (bicyclic) bond motifs is 1. The van der Waals surface area contributed by atoms with Crippen LogP contribution < -0.4 is 5.32 Å². The predicted octanol–water partition coefficient (Wildman–Crippen LogP) is 3.67. The van der Waals surface area contributed by atoms with E-state index in [4.69, 9.17) is 0 Å². The number of hydrogen-bond acceptors (Lipinski definition) is 5. The molecule has 1 N–H and O–H groups in total. The summed E-state index contributed by atoms with van der Waals surface area (Å²) in [6.45, 7) is 10.9. The molecule has 0 aliphatic rings. The Morgan fingerprint density at radius 2 is 2.08 bits per heavy atom. The van der Waals surface area contributed by atoms with E-state index in [-0.39, 0.29) is 0 Å². The lowest BCUT2D eigenvalue weighted by Gasteiger charge is -2.12. The molecule has 0 atom stereocenters. The standard InChI is InChI=1S/C19H25N7/c1-6-8-17(25-10-7-9-21-25)14(4)11-20-19-24-15(5)23-18-16(13(2)3)12-22-26(18)19/h6-10,12-13H,11H2,1-5H3,(H,20,23,24). The zero-order valence-corrected chi connectivity index (χ0v) is 15.9. The van der Waals surface area contributed by atoms with Gasteiger partial charge in [-0.2, -0.15) is 19.7 Å². The summed E-state index contributed by atoms with van der Waals surface area (Å²) >= 11 is 0. The molecule has 3 heterocycles. The molecule has 0 unspecified atom stereocenters. The largest absolute Gasteiger partial charge is 0.350 e. The molecule has 3 aromatic heterocycles. The van der Waals surface area contributed by atoms with Gasteiger partial charge in [0, 0.05) is 24.5 Å². The molecular formula is C19H25N7. The Morgan fingerprint density at radius 3 is 2.73 bits per heavy atom. The van der Waals surface area contributed by atoms with Crippen molar-refractivity contribution in [3.8, 4) is 0 Å². The van der Waals surface area contributed by atoms with Crippen LogP contribution in [0.1, 0.15) is 45.0 Å². The zero-order valence-electron chi connectivity index (χ0n) is 15.9. The second-order valence-corrected chi connectivity index (χ2v) is 6.55. The summed E-state index contributed by atoms with van der Waals surface area (Å²) in [7, 11) is 0. The van der Waals surface area contributed by atoms with Gasteiger partial charge in [-0.15, -0.1) is 0 Å². The molecule has 3 aromatic rings. The number of allylic oxidation sites excluding steroid dienone is 3. The van der Waals surface area contributed by atoms with Crippen molar-refractivity contribution >= 4 is 17.3 Å². The lowest BCUT2D eigenvalue weighted by atomic mass is 10.1. The Bertz CT molecular complexity index is 946. The van der Waals surface area contributed by atoms with Crippen molar-refractivity contribution in [2.75, 3.05) is 11.9 Å². The van der Waals surface area contributed by atoms with Crippen LogP contribution >= 0.6 is 0 Å². The van der Waals surface area contributed by atoms with Gasteiger partial charge in [-0.1, -0.05) is 19.9 Å². The van der Waals surface area contributed by atoms with E-state index >= 15 is 0 Å². The highest BCUT2D eigenvalue weighted by Gasteiger charge is 2.14. The van der Waals surface area contributed by atoms with E-state index in [9.17, 15) is 0 Å². The average Bonchev–Trinajstić information content (AvgIpc) is 3.26. The third kappa shape index (κ3) is 3.51. The van der Waals surface area contributed by atoms with Crippen LogP contribution in [-0.4, -0.2) is 35.9 Å². The SMILES string of the molecule is CC=CC(=C(C)CNc1nc(C)nc2c(C(C)C)cnn12)n1cccn1.